The number of halogens is 3. The Hall–Kier alpha value is -4.18. The summed E-state index contributed by atoms with van der Waals surface area (Å²) in [6.45, 7) is 1.73. The zero-order valence-corrected chi connectivity index (χ0v) is 18.5. The van der Waals surface area contributed by atoms with Crippen LogP contribution in [0.5, 0.6) is 0 Å². The number of nitro groups is 1. The maximum Gasteiger partial charge on any atom is 0.345 e. The van der Waals surface area contributed by atoms with E-state index in [-0.39, 0.29) is 16.8 Å². The third-order valence-electron chi connectivity index (χ3n) is 5.15. The molecule has 0 saturated heterocycles. The number of esters is 1. The molecule has 0 fully saturated rings. The number of ether oxygens (including phenoxy) is 1. The Balaban J connectivity index is 2.02. The molecule has 172 valence electrons. The quantitative estimate of drug-likeness (QED) is 0.161. The molecule has 0 aliphatic heterocycles. The number of benzene rings is 2. The molecular formula is C23H15ClF2N4O4. The Labute approximate surface area is 196 Å². The minimum atomic E-state index is -1.35. The molecule has 0 aliphatic rings. The fourth-order valence-electron chi connectivity index (χ4n) is 3.58. The van der Waals surface area contributed by atoms with Crippen LogP contribution in [0.25, 0.3) is 22.0 Å². The number of carbonyl (C=O) groups is 1. The van der Waals surface area contributed by atoms with Crippen molar-refractivity contribution in [3.05, 3.63) is 86.8 Å². The number of aryl methyl sites for hydroxylation is 1. The zero-order chi connectivity index (χ0) is 24.6. The van der Waals surface area contributed by atoms with Crippen molar-refractivity contribution in [3.63, 3.8) is 0 Å². The van der Waals surface area contributed by atoms with Gasteiger partial charge >= 0.3 is 11.7 Å². The van der Waals surface area contributed by atoms with Gasteiger partial charge in [0, 0.05) is 23.3 Å². The predicted octanol–water partition coefficient (Wildman–Crippen LogP) is 5.98. The SMILES string of the molecule is COC(=O)c1cc(-c2ccnc(F)c2F)cc(Nc2c(C)cnc3c(Cl)cccc23)c1[N+](=O)[O-]. The monoisotopic (exact) mass is 484 g/mol. The first kappa shape index (κ1) is 23.0. The Bertz CT molecular complexity index is 1480. The number of hydrogen-bond acceptors (Lipinski definition) is 7. The second-order valence-corrected chi connectivity index (χ2v) is 7.62. The smallest absolute Gasteiger partial charge is 0.345 e. The highest BCUT2D eigenvalue weighted by Gasteiger charge is 2.29. The number of nitrogens with zero attached hydrogens (tertiary/aromatic N) is 3. The van der Waals surface area contributed by atoms with Crippen LogP contribution in [0.4, 0.5) is 25.8 Å². The predicted molar refractivity (Wildman–Crippen MR) is 122 cm³/mol. The van der Waals surface area contributed by atoms with E-state index in [9.17, 15) is 23.7 Å². The largest absolute Gasteiger partial charge is 0.465 e. The van der Waals surface area contributed by atoms with Crippen LogP contribution in [0.15, 0.2) is 48.8 Å². The summed E-state index contributed by atoms with van der Waals surface area (Å²) in [4.78, 5) is 31.2. The molecule has 0 aliphatic carbocycles. The van der Waals surface area contributed by atoms with Gasteiger partial charge in [0.1, 0.15) is 11.3 Å². The molecule has 0 saturated carbocycles. The van der Waals surface area contributed by atoms with Crippen LogP contribution in [0, 0.1) is 28.8 Å². The lowest BCUT2D eigenvalue weighted by atomic mass is 10.00. The summed E-state index contributed by atoms with van der Waals surface area (Å²) in [5.74, 6) is -3.64. The molecule has 1 N–H and O–H groups in total. The number of rotatable bonds is 5. The lowest BCUT2D eigenvalue weighted by Gasteiger charge is -2.16. The summed E-state index contributed by atoms with van der Waals surface area (Å²) in [6.07, 6.45) is 2.58. The lowest BCUT2D eigenvalue weighted by Crippen LogP contribution is -2.09. The van der Waals surface area contributed by atoms with Crippen LogP contribution in [-0.2, 0) is 4.74 Å². The topological polar surface area (TPSA) is 107 Å². The van der Waals surface area contributed by atoms with E-state index in [1.807, 2.05) is 0 Å². The summed E-state index contributed by atoms with van der Waals surface area (Å²) in [6, 6.07) is 8.57. The second-order valence-electron chi connectivity index (χ2n) is 7.21. The van der Waals surface area contributed by atoms with Gasteiger partial charge in [-0.05, 0) is 42.3 Å². The second kappa shape index (κ2) is 8.99. The summed E-state index contributed by atoms with van der Waals surface area (Å²) in [5, 5.41) is 15.9. The fraction of sp³-hybridized carbons (Fsp3) is 0.0870. The van der Waals surface area contributed by atoms with Crippen molar-refractivity contribution >= 4 is 45.5 Å². The molecule has 2 aromatic heterocycles. The van der Waals surface area contributed by atoms with Crippen LogP contribution in [0.3, 0.4) is 0 Å². The van der Waals surface area contributed by atoms with Crippen molar-refractivity contribution in [2.24, 2.45) is 0 Å². The zero-order valence-electron chi connectivity index (χ0n) is 17.7. The first-order chi connectivity index (χ1) is 16.2. The number of para-hydroxylation sites is 1. The van der Waals surface area contributed by atoms with Crippen molar-refractivity contribution in [1.82, 2.24) is 9.97 Å². The van der Waals surface area contributed by atoms with E-state index in [1.54, 1.807) is 25.1 Å². The van der Waals surface area contributed by atoms with Gasteiger partial charge in [-0.2, -0.15) is 4.39 Å². The highest BCUT2D eigenvalue weighted by Crippen LogP contribution is 2.40. The van der Waals surface area contributed by atoms with Crippen molar-refractivity contribution in [2.45, 2.75) is 6.92 Å². The maximum atomic E-state index is 14.5. The average molecular weight is 485 g/mol. The highest BCUT2D eigenvalue weighted by atomic mass is 35.5. The van der Waals surface area contributed by atoms with Crippen LogP contribution in [0.1, 0.15) is 15.9 Å². The van der Waals surface area contributed by atoms with E-state index in [0.717, 1.165) is 19.4 Å². The van der Waals surface area contributed by atoms with Crippen LogP contribution in [-0.4, -0.2) is 28.0 Å². The minimum absolute atomic E-state index is 0.00125. The molecule has 0 amide bonds. The summed E-state index contributed by atoms with van der Waals surface area (Å²) in [5.41, 5.74) is 0.0770. The summed E-state index contributed by atoms with van der Waals surface area (Å²) in [7, 11) is 1.06. The minimum Gasteiger partial charge on any atom is -0.465 e. The molecule has 11 heteroatoms. The van der Waals surface area contributed by atoms with Crippen molar-refractivity contribution in [3.8, 4) is 11.1 Å². The standard InChI is InChI=1S/C23H15ClF2N4O4/c1-11-10-28-20-14(4-3-5-16(20)24)19(11)29-17-9-12(13-6-7-27-22(26)18(13)25)8-15(23(31)34-2)21(17)30(32)33/h3-10H,1-2H3,(H,28,29). The Kier molecular flexibility index (Phi) is 6.08. The molecule has 0 bridgehead atoms. The van der Waals surface area contributed by atoms with E-state index < -0.39 is 33.9 Å². The molecule has 8 nitrogen and oxygen atoms in total. The van der Waals surface area contributed by atoms with E-state index in [2.05, 4.69) is 15.3 Å². The van der Waals surface area contributed by atoms with Gasteiger partial charge in [0.15, 0.2) is 5.82 Å². The van der Waals surface area contributed by atoms with Gasteiger partial charge in [0.05, 0.1) is 28.3 Å². The number of aromatic nitrogens is 2. The lowest BCUT2D eigenvalue weighted by molar-refractivity contribution is -0.384. The summed E-state index contributed by atoms with van der Waals surface area (Å²) >= 11 is 6.25. The molecule has 2 aromatic carbocycles. The molecule has 0 radical (unpaired) electrons. The van der Waals surface area contributed by atoms with Gasteiger partial charge in [-0.3, -0.25) is 15.1 Å². The van der Waals surface area contributed by atoms with Gasteiger partial charge in [0.2, 0.25) is 5.95 Å². The molecule has 2 heterocycles. The highest BCUT2D eigenvalue weighted by molar-refractivity contribution is 6.35. The third-order valence-corrected chi connectivity index (χ3v) is 5.46. The van der Waals surface area contributed by atoms with Crippen molar-refractivity contribution in [2.75, 3.05) is 12.4 Å². The molecule has 0 atom stereocenters. The Morgan fingerprint density at radius 2 is 1.97 bits per heavy atom. The number of nitro benzene ring substituents is 1. The number of pyridine rings is 2. The number of fused-ring (bicyclic) bond motifs is 1. The fourth-order valence-corrected chi connectivity index (χ4v) is 3.80. The van der Waals surface area contributed by atoms with Gasteiger partial charge in [0.25, 0.3) is 0 Å². The van der Waals surface area contributed by atoms with Gasteiger partial charge in [-0.15, -0.1) is 0 Å². The normalized spacial score (nSPS) is 10.9. The van der Waals surface area contributed by atoms with E-state index in [1.165, 1.54) is 18.3 Å². The van der Waals surface area contributed by atoms with E-state index >= 15 is 0 Å². The van der Waals surface area contributed by atoms with E-state index in [0.29, 0.717) is 27.2 Å². The number of carbonyl (C=O) groups excluding carboxylic acids is 1. The summed E-state index contributed by atoms with van der Waals surface area (Å²) < 4.78 is 33.0. The average Bonchev–Trinajstić information content (AvgIpc) is 2.81. The van der Waals surface area contributed by atoms with Crippen LogP contribution in [0.2, 0.25) is 5.02 Å². The molecule has 34 heavy (non-hydrogen) atoms. The Morgan fingerprint density at radius 3 is 2.68 bits per heavy atom. The molecule has 4 rings (SSSR count). The molecule has 4 aromatic rings. The van der Waals surface area contributed by atoms with Gasteiger partial charge < -0.3 is 10.1 Å². The number of methoxy groups -OCH3 is 1. The van der Waals surface area contributed by atoms with E-state index in [4.69, 9.17) is 16.3 Å². The number of hydrogen-bond donors (Lipinski definition) is 1. The number of nitrogens with one attached hydrogen (secondary N) is 1. The van der Waals surface area contributed by atoms with Crippen molar-refractivity contribution in [1.29, 1.82) is 0 Å². The first-order valence-electron chi connectivity index (χ1n) is 9.75. The first-order valence-corrected chi connectivity index (χ1v) is 10.1. The molecular weight excluding hydrogens is 470 g/mol. The maximum absolute atomic E-state index is 14.5. The van der Waals surface area contributed by atoms with Gasteiger partial charge in [-0.25, -0.2) is 14.2 Å². The van der Waals surface area contributed by atoms with Gasteiger partial charge in [-0.1, -0.05) is 23.7 Å². The Morgan fingerprint density at radius 1 is 1.21 bits per heavy atom. The van der Waals surface area contributed by atoms with Crippen LogP contribution < -0.4 is 5.32 Å². The molecule has 0 spiro atoms. The number of anilines is 2. The molecule has 0 unspecified atom stereocenters. The van der Waals surface area contributed by atoms with Crippen LogP contribution >= 0.6 is 11.6 Å². The van der Waals surface area contributed by atoms with Crippen molar-refractivity contribution < 1.29 is 23.2 Å². The third kappa shape index (κ3) is 3.99.